The van der Waals surface area contributed by atoms with Gasteiger partial charge in [-0.25, -0.2) is 0 Å². The van der Waals surface area contributed by atoms with E-state index in [1.54, 1.807) is 0 Å². The second-order valence-corrected chi connectivity index (χ2v) is 3.91. The Morgan fingerprint density at radius 2 is 2.00 bits per heavy atom. The molecule has 0 bridgehead atoms. The first-order valence-corrected chi connectivity index (χ1v) is 5.58. The minimum absolute atomic E-state index is 0.0260. The van der Waals surface area contributed by atoms with E-state index in [1.165, 1.54) is 0 Å². The third-order valence-electron chi connectivity index (χ3n) is 2.84. The average molecular weight is 202 g/mol. The van der Waals surface area contributed by atoms with Gasteiger partial charge in [-0.2, -0.15) is 0 Å². The van der Waals surface area contributed by atoms with Crippen LogP contribution in [0.25, 0.3) is 0 Å². The molecule has 14 heavy (non-hydrogen) atoms. The maximum atomic E-state index is 5.78. The fraction of sp³-hybridized carbons (Fsp3) is 1.00. The van der Waals surface area contributed by atoms with Crippen LogP contribution in [0.1, 0.15) is 27.7 Å². The highest BCUT2D eigenvalue weighted by Crippen LogP contribution is 2.20. The summed E-state index contributed by atoms with van der Waals surface area (Å²) in [6.07, 6.45) is 0. The second-order valence-electron chi connectivity index (χ2n) is 3.91. The molecule has 1 rings (SSSR count). The average Bonchev–Trinajstić information content (AvgIpc) is 2.19. The van der Waals surface area contributed by atoms with Gasteiger partial charge in [0.1, 0.15) is 0 Å². The molecule has 1 N–H and O–H groups in total. The number of ether oxygens (including phenoxy) is 1. The molecule has 1 aliphatic heterocycles. The molecule has 0 aromatic heterocycles. The molecule has 86 valence electrons. The van der Waals surface area contributed by atoms with Crippen molar-refractivity contribution in [3.63, 3.8) is 0 Å². The van der Waals surface area contributed by atoms with E-state index in [1.807, 2.05) is 20.9 Å². The van der Waals surface area contributed by atoms with Crippen LogP contribution in [-0.2, 0) is 4.74 Å². The molecule has 0 radical (unpaired) electrons. The van der Waals surface area contributed by atoms with Gasteiger partial charge in [-0.3, -0.25) is 0 Å². The fourth-order valence-electron chi connectivity index (χ4n) is 1.66. The summed E-state index contributed by atoms with van der Waals surface area (Å²) in [5.41, 5.74) is -0.0260. The number of likely N-dealkylation sites (N-methyl/N-ethyl adjacent to an activating group) is 2. The largest absolute Gasteiger partial charge is 0.371 e. The molecule has 1 aliphatic rings. The zero-order chi connectivity index (χ0) is 11.2. The predicted molar refractivity (Wildman–Crippen MR) is 61.7 cm³/mol. The molecule has 0 aromatic rings. The van der Waals surface area contributed by atoms with Crippen LogP contribution >= 0.6 is 0 Å². The molecular weight excluding hydrogens is 176 g/mol. The molecule has 2 unspecified atom stereocenters. The Hall–Kier alpha value is -0.120. The number of nitrogens with zero attached hydrogens (tertiary/aromatic N) is 1. The maximum absolute atomic E-state index is 5.78. The van der Waals surface area contributed by atoms with Gasteiger partial charge in [0.05, 0.1) is 12.2 Å². The van der Waals surface area contributed by atoms with E-state index in [4.69, 9.17) is 4.74 Å². The van der Waals surface area contributed by atoms with Crippen LogP contribution in [0.3, 0.4) is 0 Å². The summed E-state index contributed by atoms with van der Waals surface area (Å²) >= 11 is 0. The van der Waals surface area contributed by atoms with Crippen molar-refractivity contribution in [1.82, 2.24) is 10.2 Å². The second kappa shape index (κ2) is 6.38. The highest BCUT2D eigenvalue weighted by Gasteiger charge is 2.35. The maximum Gasteiger partial charge on any atom is 0.0930 e. The van der Waals surface area contributed by atoms with E-state index in [9.17, 15) is 0 Å². The van der Waals surface area contributed by atoms with Gasteiger partial charge in [-0.05, 0) is 27.9 Å². The lowest BCUT2D eigenvalue weighted by molar-refractivity contribution is -0.107. The summed E-state index contributed by atoms with van der Waals surface area (Å²) in [5, 5.41) is 3.24. The van der Waals surface area contributed by atoms with Gasteiger partial charge in [-0.1, -0.05) is 13.8 Å². The predicted octanol–water partition coefficient (Wildman–Crippen LogP) is 1.34. The third-order valence-corrected chi connectivity index (χ3v) is 2.84. The third kappa shape index (κ3) is 3.56. The Kier molecular flexibility index (Phi) is 6.33. The molecule has 0 amide bonds. The number of hydrogen-bond donors (Lipinski definition) is 1. The lowest BCUT2D eigenvalue weighted by atomic mass is 9.96. The van der Waals surface area contributed by atoms with Crippen molar-refractivity contribution in [3.8, 4) is 0 Å². The topological polar surface area (TPSA) is 24.5 Å². The van der Waals surface area contributed by atoms with Gasteiger partial charge in [0.15, 0.2) is 0 Å². The Morgan fingerprint density at radius 3 is 2.43 bits per heavy atom. The van der Waals surface area contributed by atoms with E-state index in [0.29, 0.717) is 6.04 Å². The highest BCUT2D eigenvalue weighted by atomic mass is 16.5. The Labute approximate surface area is 88.8 Å². The molecular formula is C11H26N2O. The summed E-state index contributed by atoms with van der Waals surface area (Å²) in [5.74, 6) is 0. The van der Waals surface area contributed by atoms with Crippen LogP contribution in [0.5, 0.6) is 0 Å². The summed E-state index contributed by atoms with van der Waals surface area (Å²) < 4.78 is 5.78. The molecule has 1 heterocycles. The van der Waals surface area contributed by atoms with Crippen LogP contribution in [0, 0.1) is 0 Å². The van der Waals surface area contributed by atoms with Gasteiger partial charge in [-0.15, -0.1) is 0 Å². The van der Waals surface area contributed by atoms with Crippen molar-refractivity contribution < 1.29 is 4.74 Å². The van der Waals surface area contributed by atoms with Crippen LogP contribution in [-0.4, -0.2) is 50.3 Å². The summed E-state index contributed by atoms with van der Waals surface area (Å²) in [7, 11) is 4.12. The van der Waals surface area contributed by atoms with Gasteiger partial charge in [0.25, 0.3) is 0 Å². The number of nitrogens with one attached hydrogen (secondary N) is 1. The van der Waals surface area contributed by atoms with Gasteiger partial charge in [0.2, 0.25) is 0 Å². The van der Waals surface area contributed by atoms with Crippen molar-refractivity contribution in [2.45, 2.75) is 39.3 Å². The zero-order valence-corrected chi connectivity index (χ0v) is 10.6. The van der Waals surface area contributed by atoms with Crippen LogP contribution in [0.4, 0.5) is 0 Å². The van der Waals surface area contributed by atoms with Gasteiger partial charge in [0, 0.05) is 19.1 Å². The van der Waals surface area contributed by atoms with Crippen LogP contribution in [0.2, 0.25) is 0 Å². The first kappa shape index (κ1) is 13.9. The standard InChI is InChI=1S/C9H20N2O.C2H6/c1-8(10-3)9(2)7-11(4)5-6-12-9;1-2/h8,10H,5-7H2,1-4H3;1-2H3. The summed E-state index contributed by atoms with van der Waals surface area (Å²) in [4.78, 5) is 2.32. The Bertz CT molecular complexity index is 152. The SMILES string of the molecule is CC.CNC(C)C1(C)CN(C)CCO1. The van der Waals surface area contributed by atoms with E-state index in [-0.39, 0.29) is 5.60 Å². The smallest absolute Gasteiger partial charge is 0.0930 e. The first-order valence-electron chi connectivity index (χ1n) is 5.58. The minimum Gasteiger partial charge on any atom is -0.371 e. The number of hydrogen-bond acceptors (Lipinski definition) is 3. The number of morpholine rings is 1. The molecule has 0 aliphatic carbocycles. The summed E-state index contributed by atoms with van der Waals surface area (Å²) in [6.45, 7) is 11.2. The molecule has 3 heteroatoms. The van der Waals surface area contributed by atoms with E-state index in [2.05, 4.69) is 31.1 Å². The lowest BCUT2D eigenvalue weighted by Gasteiger charge is -2.42. The molecule has 0 aromatic carbocycles. The number of rotatable bonds is 2. The molecule has 1 fully saturated rings. The Balaban J connectivity index is 0.000000791. The van der Waals surface area contributed by atoms with Crippen molar-refractivity contribution in [1.29, 1.82) is 0 Å². The highest BCUT2D eigenvalue weighted by molar-refractivity contribution is 4.90. The van der Waals surface area contributed by atoms with Crippen molar-refractivity contribution in [2.75, 3.05) is 33.8 Å². The minimum atomic E-state index is -0.0260. The van der Waals surface area contributed by atoms with E-state index < -0.39 is 0 Å². The molecule has 0 spiro atoms. The van der Waals surface area contributed by atoms with Crippen LogP contribution in [0.15, 0.2) is 0 Å². The van der Waals surface area contributed by atoms with Crippen molar-refractivity contribution in [3.05, 3.63) is 0 Å². The molecule has 2 atom stereocenters. The first-order chi connectivity index (χ1) is 6.58. The van der Waals surface area contributed by atoms with E-state index >= 15 is 0 Å². The lowest BCUT2D eigenvalue weighted by Crippen LogP contribution is -2.58. The zero-order valence-electron chi connectivity index (χ0n) is 10.6. The Morgan fingerprint density at radius 1 is 1.43 bits per heavy atom. The van der Waals surface area contributed by atoms with Crippen molar-refractivity contribution in [2.24, 2.45) is 0 Å². The van der Waals surface area contributed by atoms with Gasteiger partial charge < -0.3 is 15.0 Å². The molecule has 3 nitrogen and oxygen atoms in total. The summed E-state index contributed by atoms with van der Waals surface area (Å²) in [6, 6.07) is 0.403. The normalized spacial score (nSPS) is 30.4. The quantitative estimate of drug-likeness (QED) is 0.731. The monoisotopic (exact) mass is 202 g/mol. The molecule has 0 saturated carbocycles. The van der Waals surface area contributed by atoms with Crippen molar-refractivity contribution >= 4 is 0 Å². The van der Waals surface area contributed by atoms with Crippen LogP contribution < -0.4 is 5.32 Å². The van der Waals surface area contributed by atoms with Gasteiger partial charge >= 0.3 is 0 Å². The molecule has 1 saturated heterocycles. The fourth-order valence-corrected chi connectivity index (χ4v) is 1.66. The van der Waals surface area contributed by atoms with E-state index in [0.717, 1.165) is 19.7 Å².